The fraction of sp³-hybridized carbons (Fsp3) is 0.917. The SMILES string of the molecule is CCOC(CCN(C(=O)O)C(C)(C)C)OCC. The van der Waals surface area contributed by atoms with Crippen LogP contribution in [0.3, 0.4) is 0 Å². The second kappa shape index (κ2) is 7.50. The van der Waals surface area contributed by atoms with Gasteiger partial charge in [0.05, 0.1) is 0 Å². The molecule has 0 aromatic heterocycles. The van der Waals surface area contributed by atoms with Gasteiger partial charge < -0.3 is 19.5 Å². The van der Waals surface area contributed by atoms with E-state index < -0.39 is 11.6 Å². The molecule has 0 saturated carbocycles. The van der Waals surface area contributed by atoms with Gasteiger partial charge in [-0.05, 0) is 34.6 Å². The maximum absolute atomic E-state index is 11.1. The highest BCUT2D eigenvalue weighted by atomic mass is 16.7. The molecule has 0 bridgehead atoms. The van der Waals surface area contributed by atoms with Crippen LogP contribution in [0.25, 0.3) is 0 Å². The number of ether oxygens (including phenoxy) is 2. The van der Waals surface area contributed by atoms with E-state index in [-0.39, 0.29) is 6.29 Å². The highest BCUT2D eigenvalue weighted by Gasteiger charge is 2.26. The Hall–Kier alpha value is -0.810. The van der Waals surface area contributed by atoms with Crippen molar-refractivity contribution in [1.29, 1.82) is 0 Å². The summed E-state index contributed by atoms with van der Waals surface area (Å²) in [4.78, 5) is 12.5. The van der Waals surface area contributed by atoms with Crippen molar-refractivity contribution in [2.75, 3.05) is 19.8 Å². The Labute approximate surface area is 104 Å². The Morgan fingerprint density at radius 2 is 1.71 bits per heavy atom. The fourth-order valence-electron chi connectivity index (χ4n) is 1.54. The Bertz CT molecular complexity index is 219. The monoisotopic (exact) mass is 247 g/mol. The molecule has 17 heavy (non-hydrogen) atoms. The molecule has 0 saturated heterocycles. The first-order valence-corrected chi connectivity index (χ1v) is 6.06. The molecule has 0 fully saturated rings. The summed E-state index contributed by atoms with van der Waals surface area (Å²) < 4.78 is 10.8. The van der Waals surface area contributed by atoms with Crippen molar-refractivity contribution in [2.45, 2.75) is 52.9 Å². The topological polar surface area (TPSA) is 59.0 Å². The predicted molar refractivity (Wildman–Crippen MR) is 66.1 cm³/mol. The van der Waals surface area contributed by atoms with Crippen molar-refractivity contribution in [3.05, 3.63) is 0 Å². The summed E-state index contributed by atoms with van der Waals surface area (Å²) >= 11 is 0. The predicted octanol–water partition coefficient (Wildman–Crippen LogP) is 2.55. The smallest absolute Gasteiger partial charge is 0.407 e. The molecule has 0 aliphatic carbocycles. The first-order valence-electron chi connectivity index (χ1n) is 6.06. The Balaban J connectivity index is 4.32. The van der Waals surface area contributed by atoms with Crippen LogP contribution in [0.4, 0.5) is 4.79 Å². The van der Waals surface area contributed by atoms with Gasteiger partial charge in [-0.2, -0.15) is 0 Å². The van der Waals surface area contributed by atoms with Gasteiger partial charge in [-0.3, -0.25) is 0 Å². The van der Waals surface area contributed by atoms with E-state index in [1.165, 1.54) is 4.90 Å². The second-order valence-electron chi connectivity index (χ2n) is 4.73. The van der Waals surface area contributed by atoms with E-state index in [9.17, 15) is 4.79 Å². The number of amides is 1. The Morgan fingerprint density at radius 1 is 1.24 bits per heavy atom. The van der Waals surface area contributed by atoms with Gasteiger partial charge in [-0.25, -0.2) is 4.79 Å². The quantitative estimate of drug-likeness (QED) is 0.702. The summed E-state index contributed by atoms with van der Waals surface area (Å²) in [6.07, 6.45) is -0.691. The van der Waals surface area contributed by atoms with Gasteiger partial charge in [0, 0.05) is 31.7 Å². The zero-order valence-corrected chi connectivity index (χ0v) is 11.5. The molecular formula is C12H25NO4. The van der Waals surface area contributed by atoms with Crippen LogP contribution in [0.2, 0.25) is 0 Å². The third kappa shape index (κ3) is 6.48. The van der Waals surface area contributed by atoms with Crippen molar-refractivity contribution in [3.8, 4) is 0 Å². The third-order valence-electron chi connectivity index (χ3n) is 2.33. The summed E-state index contributed by atoms with van der Waals surface area (Å²) in [6.45, 7) is 10.9. The molecule has 0 rings (SSSR count). The normalized spacial score (nSPS) is 11.9. The summed E-state index contributed by atoms with van der Waals surface area (Å²) in [5, 5.41) is 9.13. The molecule has 0 unspecified atom stereocenters. The summed E-state index contributed by atoms with van der Waals surface area (Å²) in [5.74, 6) is 0. The van der Waals surface area contributed by atoms with E-state index in [4.69, 9.17) is 14.6 Å². The molecule has 0 aromatic rings. The van der Waals surface area contributed by atoms with Gasteiger partial charge in [0.1, 0.15) is 0 Å². The fourth-order valence-corrected chi connectivity index (χ4v) is 1.54. The summed E-state index contributed by atoms with van der Waals surface area (Å²) in [5.41, 5.74) is -0.408. The van der Waals surface area contributed by atoms with Crippen LogP contribution in [0, 0.1) is 0 Å². The van der Waals surface area contributed by atoms with Gasteiger partial charge in [-0.15, -0.1) is 0 Å². The molecule has 5 nitrogen and oxygen atoms in total. The minimum absolute atomic E-state index is 0.325. The number of hydrogen-bond acceptors (Lipinski definition) is 3. The minimum Gasteiger partial charge on any atom is -0.465 e. The second-order valence-corrected chi connectivity index (χ2v) is 4.73. The molecule has 0 radical (unpaired) electrons. The molecule has 0 aliphatic rings. The lowest BCUT2D eigenvalue weighted by atomic mass is 10.1. The van der Waals surface area contributed by atoms with E-state index >= 15 is 0 Å². The average molecular weight is 247 g/mol. The van der Waals surface area contributed by atoms with Crippen molar-refractivity contribution in [3.63, 3.8) is 0 Å². The lowest BCUT2D eigenvalue weighted by Gasteiger charge is -2.34. The molecule has 0 heterocycles. The van der Waals surface area contributed by atoms with Crippen molar-refractivity contribution < 1.29 is 19.4 Å². The average Bonchev–Trinajstić information content (AvgIpc) is 2.15. The molecule has 102 valence electrons. The number of hydrogen-bond donors (Lipinski definition) is 1. The van der Waals surface area contributed by atoms with Gasteiger partial charge in [0.25, 0.3) is 0 Å². The van der Waals surface area contributed by atoms with Crippen molar-refractivity contribution >= 4 is 6.09 Å². The molecule has 0 aliphatic heterocycles. The zero-order valence-electron chi connectivity index (χ0n) is 11.5. The lowest BCUT2D eigenvalue weighted by molar-refractivity contribution is -0.142. The lowest BCUT2D eigenvalue weighted by Crippen LogP contribution is -2.46. The van der Waals surface area contributed by atoms with E-state index in [1.807, 2.05) is 34.6 Å². The number of nitrogens with zero attached hydrogens (tertiary/aromatic N) is 1. The zero-order chi connectivity index (χ0) is 13.5. The van der Waals surface area contributed by atoms with Crippen LogP contribution in [0.5, 0.6) is 0 Å². The first-order chi connectivity index (χ1) is 7.82. The summed E-state index contributed by atoms with van der Waals surface area (Å²) in [7, 11) is 0. The molecule has 1 N–H and O–H groups in total. The van der Waals surface area contributed by atoms with Crippen LogP contribution in [0.15, 0.2) is 0 Å². The maximum Gasteiger partial charge on any atom is 0.407 e. The van der Waals surface area contributed by atoms with Gasteiger partial charge >= 0.3 is 6.09 Å². The molecule has 0 spiro atoms. The van der Waals surface area contributed by atoms with Crippen molar-refractivity contribution in [2.24, 2.45) is 0 Å². The number of carbonyl (C=O) groups is 1. The van der Waals surface area contributed by atoms with Gasteiger partial charge in [0.15, 0.2) is 6.29 Å². The largest absolute Gasteiger partial charge is 0.465 e. The third-order valence-corrected chi connectivity index (χ3v) is 2.33. The van der Waals surface area contributed by atoms with E-state index in [2.05, 4.69) is 0 Å². The highest BCUT2D eigenvalue weighted by molar-refractivity contribution is 5.65. The van der Waals surface area contributed by atoms with Crippen molar-refractivity contribution in [1.82, 2.24) is 4.90 Å². The van der Waals surface area contributed by atoms with Crippen LogP contribution in [-0.2, 0) is 9.47 Å². The maximum atomic E-state index is 11.1. The van der Waals surface area contributed by atoms with Crippen LogP contribution >= 0.6 is 0 Å². The highest BCUT2D eigenvalue weighted by Crippen LogP contribution is 2.15. The number of rotatable bonds is 7. The Morgan fingerprint density at radius 3 is 2.00 bits per heavy atom. The molecule has 0 atom stereocenters. The van der Waals surface area contributed by atoms with Crippen LogP contribution in [-0.4, -0.2) is 47.7 Å². The van der Waals surface area contributed by atoms with Gasteiger partial charge in [-0.1, -0.05) is 0 Å². The van der Waals surface area contributed by atoms with E-state index in [1.54, 1.807) is 0 Å². The Kier molecular flexibility index (Phi) is 7.15. The molecule has 0 aromatic carbocycles. The first kappa shape index (κ1) is 16.2. The van der Waals surface area contributed by atoms with Crippen LogP contribution in [0.1, 0.15) is 41.0 Å². The van der Waals surface area contributed by atoms with E-state index in [0.717, 1.165) is 0 Å². The molecule has 1 amide bonds. The molecule has 5 heteroatoms. The molecular weight excluding hydrogens is 222 g/mol. The summed E-state index contributed by atoms with van der Waals surface area (Å²) in [6, 6.07) is 0. The number of carboxylic acid groups (broad SMARTS) is 1. The van der Waals surface area contributed by atoms with Gasteiger partial charge in [0.2, 0.25) is 0 Å². The standard InChI is InChI=1S/C12H25NO4/c1-6-16-10(17-7-2)8-9-13(11(14)15)12(3,4)5/h10H,6-9H2,1-5H3,(H,14,15). The van der Waals surface area contributed by atoms with E-state index in [0.29, 0.717) is 26.2 Å². The minimum atomic E-state index is -0.913. The van der Waals surface area contributed by atoms with Crippen LogP contribution < -0.4 is 0 Å².